The molecule has 0 unspecified atom stereocenters. The summed E-state index contributed by atoms with van der Waals surface area (Å²) < 4.78 is 16.3. The Bertz CT molecular complexity index is 435. The molecular formula is C15H21NO3. The number of hydrogen-bond donors (Lipinski definition) is 0. The quantitative estimate of drug-likeness (QED) is 0.764. The number of likely N-dealkylation sites (tertiary alicyclic amines) is 1. The summed E-state index contributed by atoms with van der Waals surface area (Å²) in [6, 6.07) is 6.81. The van der Waals surface area contributed by atoms with E-state index < -0.39 is 0 Å². The summed E-state index contributed by atoms with van der Waals surface area (Å²) >= 11 is 0. The van der Waals surface area contributed by atoms with Crippen LogP contribution in [-0.4, -0.2) is 38.0 Å². The van der Waals surface area contributed by atoms with Crippen molar-refractivity contribution in [3.05, 3.63) is 23.8 Å². The van der Waals surface area contributed by atoms with E-state index in [4.69, 9.17) is 14.2 Å². The van der Waals surface area contributed by atoms with Crippen LogP contribution in [0.25, 0.3) is 0 Å². The SMILES string of the molecule is CCOCCN1CCC[C@@H]1c1ccc2c(c1)OCO2. The minimum atomic E-state index is 0.345. The van der Waals surface area contributed by atoms with Crippen molar-refractivity contribution in [2.45, 2.75) is 25.8 Å². The topological polar surface area (TPSA) is 30.9 Å². The monoisotopic (exact) mass is 263 g/mol. The molecule has 4 nitrogen and oxygen atoms in total. The highest BCUT2D eigenvalue weighted by atomic mass is 16.7. The third-order valence-corrected chi connectivity index (χ3v) is 3.87. The van der Waals surface area contributed by atoms with Crippen molar-refractivity contribution in [3.8, 4) is 11.5 Å². The lowest BCUT2D eigenvalue weighted by Gasteiger charge is -2.24. The Morgan fingerprint density at radius 3 is 3.11 bits per heavy atom. The standard InChI is InChI=1S/C15H21NO3/c1-2-17-9-8-16-7-3-4-13(16)12-5-6-14-15(10-12)19-11-18-14/h5-6,10,13H,2-4,7-9,11H2,1H3/t13-/m1/s1. The highest BCUT2D eigenvalue weighted by Gasteiger charge is 2.27. The van der Waals surface area contributed by atoms with Crippen LogP contribution < -0.4 is 9.47 Å². The highest BCUT2D eigenvalue weighted by molar-refractivity contribution is 5.45. The number of hydrogen-bond acceptors (Lipinski definition) is 4. The Kier molecular flexibility index (Phi) is 3.89. The van der Waals surface area contributed by atoms with Gasteiger partial charge in [0, 0.05) is 19.2 Å². The first-order valence-corrected chi connectivity index (χ1v) is 7.10. The van der Waals surface area contributed by atoms with Crippen molar-refractivity contribution < 1.29 is 14.2 Å². The van der Waals surface area contributed by atoms with Gasteiger partial charge in [-0.25, -0.2) is 0 Å². The third kappa shape index (κ3) is 2.69. The second-order valence-corrected chi connectivity index (χ2v) is 5.00. The Balaban J connectivity index is 1.69. The maximum Gasteiger partial charge on any atom is 0.231 e. The van der Waals surface area contributed by atoms with Gasteiger partial charge in [-0.2, -0.15) is 0 Å². The van der Waals surface area contributed by atoms with Crippen LogP contribution >= 0.6 is 0 Å². The lowest BCUT2D eigenvalue weighted by molar-refractivity contribution is 0.108. The van der Waals surface area contributed by atoms with Gasteiger partial charge in [0.15, 0.2) is 11.5 Å². The van der Waals surface area contributed by atoms with Gasteiger partial charge in [-0.05, 0) is 44.0 Å². The molecule has 0 radical (unpaired) electrons. The smallest absolute Gasteiger partial charge is 0.231 e. The Morgan fingerprint density at radius 2 is 2.21 bits per heavy atom. The summed E-state index contributed by atoms with van der Waals surface area (Å²) in [5.41, 5.74) is 1.33. The van der Waals surface area contributed by atoms with E-state index >= 15 is 0 Å². The van der Waals surface area contributed by atoms with Gasteiger partial charge in [-0.1, -0.05) is 6.07 Å². The van der Waals surface area contributed by atoms with Crippen LogP contribution in [0.4, 0.5) is 0 Å². The molecule has 0 saturated carbocycles. The van der Waals surface area contributed by atoms with E-state index in [-0.39, 0.29) is 0 Å². The average molecular weight is 263 g/mol. The summed E-state index contributed by atoms with van der Waals surface area (Å²) in [7, 11) is 0. The molecule has 19 heavy (non-hydrogen) atoms. The van der Waals surface area contributed by atoms with Crippen LogP contribution in [0.1, 0.15) is 31.4 Å². The molecule has 4 heteroatoms. The number of rotatable bonds is 5. The van der Waals surface area contributed by atoms with Crippen molar-refractivity contribution in [3.63, 3.8) is 0 Å². The van der Waals surface area contributed by atoms with E-state index in [2.05, 4.69) is 17.0 Å². The first-order valence-electron chi connectivity index (χ1n) is 7.10. The normalized spacial score (nSPS) is 22.1. The molecule has 1 fully saturated rings. The van der Waals surface area contributed by atoms with Gasteiger partial charge in [-0.15, -0.1) is 0 Å². The summed E-state index contributed by atoms with van der Waals surface area (Å²) in [4.78, 5) is 2.51. The van der Waals surface area contributed by atoms with Gasteiger partial charge >= 0.3 is 0 Å². The molecule has 0 spiro atoms. The fraction of sp³-hybridized carbons (Fsp3) is 0.600. The second-order valence-electron chi connectivity index (χ2n) is 5.00. The van der Waals surface area contributed by atoms with Crippen LogP contribution in [-0.2, 0) is 4.74 Å². The lowest BCUT2D eigenvalue weighted by Crippen LogP contribution is -2.27. The minimum Gasteiger partial charge on any atom is -0.454 e. The van der Waals surface area contributed by atoms with Crippen molar-refractivity contribution in [1.29, 1.82) is 0 Å². The number of ether oxygens (including phenoxy) is 3. The Morgan fingerprint density at radius 1 is 1.32 bits per heavy atom. The average Bonchev–Trinajstić information content (AvgIpc) is 3.06. The lowest BCUT2D eigenvalue weighted by atomic mass is 10.0. The first-order chi connectivity index (χ1) is 9.38. The van der Waals surface area contributed by atoms with E-state index in [1.807, 2.05) is 13.0 Å². The number of benzene rings is 1. The minimum absolute atomic E-state index is 0.345. The predicted molar refractivity (Wildman–Crippen MR) is 72.6 cm³/mol. The molecule has 2 aliphatic heterocycles. The van der Waals surface area contributed by atoms with Crippen LogP contribution in [0.5, 0.6) is 11.5 Å². The molecule has 0 N–H and O–H groups in total. The summed E-state index contributed by atoms with van der Waals surface area (Å²) in [5, 5.41) is 0. The summed E-state index contributed by atoms with van der Waals surface area (Å²) in [6.45, 7) is 6.16. The van der Waals surface area contributed by atoms with Crippen molar-refractivity contribution in [2.75, 3.05) is 33.1 Å². The highest BCUT2D eigenvalue weighted by Crippen LogP contribution is 2.38. The van der Waals surface area contributed by atoms with Gasteiger partial charge in [0.05, 0.1) is 6.61 Å². The van der Waals surface area contributed by atoms with Gasteiger partial charge < -0.3 is 14.2 Å². The van der Waals surface area contributed by atoms with Crippen molar-refractivity contribution >= 4 is 0 Å². The van der Waals surface area contributed by atoms with Gasteiger partial charge in [0.2, 0.25) is 6.79 Å². The second kappa shape index (κ2) is 5.80. The van der Waals surface area contributed by atoms with Crippen LogP contribution in [0, 0.1) is 0 Å². The molecule has 1 aromatic carbocycles. The molecule has 1 saturated heterocycles. The Hall–Kier alpha value is -1.26. The predicted octanol–water partition coefficient (Wildman–Crippen LogP) is 2.59. The largest absolute Gasteiger partial charge is 0.454 e. The van der Waals surface area contributed by atoms with Gasteiger partial charge in [-0.3, -0.25) is 4.90 Å². The van der Waals surface area contributed by atoms with Crippen molar-refractivity contribution in [2.24, 2.45) is 0 Å². The molecule has 3 rings (SSSR count). The van der Waals surface area contributed by atoms with E-state index in [1.165, 1.54) is 18.4 Å². The zero-order chi connectivity index (χ0) is 13.1. The molecule has 0 aromatic heterocycles. The molecule has 104 valence electrons. The van der Waals surface area contributed by atoms with Gasteiger partial charge in [0.1, 0.15) is 0 Å². The molecule has 2 heterocycles. The third-order valence-electron chi connectivity index (χ3n) is 3.87. The van der Waals surface area contributed by atoms with Gasteiger partial charge in [0.25, 0.3) is 0 Å². The van der Waals surface area contributed by atoms with E-state index in [9.17, 15) is 0 Å². The molecule has 1 aromatic rings. The fourth-order valence-corrected chi connectivity index (χ4v) is 2.92. The Labute approximate surface area is 114 Å². The molecule has 1 atom stereocenters. The van der Waals surface area contributed by atoms with E-state index in [0.29, 0.717) is 12.8 Å². The zero-order valence-electron chi connectivity index (χ0n) is 11.4. The summed E-state index contributed by atoms with van der Waals surface area (Å²) in [5.74, 6) is 1.75. The summed E-state index contributed by atoms with van der Waals surface area (Å²) in [6.07, 6.45) is 2.47. The fourth-order valence-electron chi connectivity index (χ4n) is 2.92. The number of fused-ring (bicyclic) bond motifs is 1. The first kappa shape index (κ1) is 12.8. The zero-order valence-corrected chi connectivity index (χ0v) is 11.4. The number of nitrogens with zero attached hydrogens (tertiary/aromatic N) is 1. The van der Waals surface area contributed by atoms with Crippen LogP contribution in [0.15, 0.2) is 18.2 Å². The maximum atomic E-state index is 5.47. The maximum absolute atomic E-state index is 5.47. The molecule has 0 amide bonds. The van der Waals surface area contributed by atoms with E-state index in [0.717, 1.165) is 37.8 Å². The van der Waals surface area contributed by atoms with Crippen LogP contribution in [0.2, 0.25) is 0 Å². The molecule has 2 aliphatic rings. The molecule has 0 bridgehead atoms. The molecule has 0 aliphatic carbocycles. The molecular weight excluding hydrogens is 242 g/mol. The van der Waals surface area contributed by atoms with Crippen LogP contribution in [0.3, 0.4) is 0 Å². The van der Waals surface area contributed by atoms with E-state index in [1.54, 1.807) is 0 Å². The van der Waals surface area contributed by atoms with Crippen molar-refractivity contribution in [1.82, 2.24) is 4.90 Å².